The molecule has 0 aliphatic carbocycles. The molecule has 0 spiro atoms. The molecule has 1 atom stereocenters. The van der Waals surface area contributed by atoms with Crippen molar-refractivity contribution in [1.29, 1.82) is 0 Å². The lowest BCUT2D eigenvalue weighted by molar-refractivity contribution is -0.128. The maximum absolute atomic E-state index is 12.4. The Morgan fingerprint density at radius 3 is 2.54 bits per heavy atom. The van der Waals surface area contributed by atoms with Crippen LogP contribution in [0.4, 0.5) is 0 Å². The average Bonchev–Trinajstić information content (AvgIpc) is 2.58. The van der Waals surface area contributed by atoms with Gasteiger partial charge in [0.2, 0.25) is 0 Å². The van der Waals surface area contributed by atoms with Crippen molar-refractivity contribution < 1.29 is 14.3 Å². The number of benzene rings is 2. The topological polar surface area (TPSA) is 47.6 Å². The Morgan fingerprint density at radius 2 is 1.83 bits per heavy atom. The third kappa shape index (κ3) is 5.30. The lowest BCUT2D eigenvalue weighted by Crippen LogP contribution is -2.37. The Morgan fingerprint density at radius 1 is 1.08 bits per heavy atom. The molecule has 0 saturated heterocycles. The second-order valence-electron chi connectivity index (χ2n) is 5.63. The lowest BCUT2D eigenvalue weighted by atomic mass is 10.2. The van der Waals surface area contributed by atoms with E-state index in [9.17, 15) is 4.79 Å². The molecule has 0 aliphatic heterocycles. The monoisotopic (exact) mass is 327 g/mol. The minimum atomic E-state index is -0.498. The maximum atomic E-state index is 12.4. The van der Waals surface area contributed by atoms with Crippen molar-refractivity contribution in [3.8, 4) is 11.5 Å². The first-order chi connectivity index (χ1) is 11.6. The van der Waals surface area contributed by atoms with Crippen molar-refractivity contribution >= 4 is 5.91 Å². The van der Waals surface area contributed by atoms with Crippen molar-refractivity contribution in [3.63, 3.8) is 0 Å². The zero-order chi connectivity index (χ0) is 17.4. The SMILES string of the molecule is CCOc1cccc(CNC(=O)[C@H](CC)Oc2cccc(C)c2)c1. The first kappa shape index (κ1) is 17.9. The summed E-state index contributed by atoms with van der Waals surface area (Å²) >= 11 is 0. The summed E-state index contributed by atoms with van der Waals surface area (Å²) in [5.74, 6) is 1.42. The first-order valence-corrected chi connectivity index (χ1v) is 8.35. The van der Waals surface area contributed by atoms with Gasteiger partial charge in [0.15, 0.2) is 6.10 Å². The predicted molar refractivity (Wildman–Crippen MR) is 95.3 cm³/mol. The molecule has 1 N–H and O–H groups in total. The third-order valence-corrected chi connectivity index (χ3v) is 3.61. The first-order valence-electron chi connectivity index (χ1n) is 8.35. The second kappa shape index (κ2) is 8.96. The van der Waals surface area contributed by atoms with E-state index in [2.05, 4.69) is 5.32 Å². The largest absolute Gasteiger partial charge is 0.494 e. The number of aryl methyl sites for hydroxylation is 1. The van der Waals surface area contributed by atoms with Gasteiger partial charge >= 0.3 is 0 Å². The Hall–Kier alpha value is -2.49. The van der Waals surface area contributed by atoms with E-state index in [0.717, 1.165) is 22.6 Å². The Balaban J connectivity index is 1.93. The average molecular weight is 327 g/mol. The van der Waals surface area contributed by atoms with Gasteiger partial charge in [-0.05, 0) is 55.7 Å². The fraction of sp³-hybridized carbons (Fsp3) is 0.350. The molecular weight excluding hydrogens is 302 g/mol. The molecule has 0 radical (unpaired) electrons. The maximum Gasteiger partial charge on any atom is 0.261 e. The highest BCUT2D eigenvalue weighted by molar-refractivity contribution is 5.81. The highest BCUT2D eigenvalue weighted by Gasteiger charge is 2.18. The molecule has 0 aromatic heterocycles. The van der Waals surface area contributed by atoms with Gasteiger partial charge in [-0.3, -0.25) is 4.79 Å². The minimum absolute atomic E-state index is 0.110. The number of nitrogens with one attached hydrogen (secondary N) is 1. The van der Waals surface area contributed by atoms with Crippen LogP contribution in [0.2, 0.25) is 0 Å². The zero-order valence-corrected chi connectivity index (χ0v) is 14.5. The summed E-state index contributed by atoms with van der Waals surface area (Å²) in [6, 6.07) is 15.5. The van der Waals surface area contributed by atoms with Gasteiger partial charge in [0.05, 0.1) is 6.61 Å². The van der Waals surface area contributed by atoms with Gasteiger partial charge < -0.3 is 14.8 Å². The minimum Gasteiger partial charge on any atom is -0.494 e. The van der Waals surface area contributed by atoms with Crippen molar-refractivity contribution in [1.82, 2.24) is 5.32 Å². The number of carbonyl (C=O) groups is 1. The van der Waals surface area contributed by atoms with E-state index in [1.807, 2.05) is 69.3 Å². The smallest absolute Gasteiger partial charge is 0.261 e. The molecule has 0 aliphatic rings. The van der Waals surface area contributed by atoms with E-state index in [1.54, 1.807) is 0 Å². The summed E-state index contributed by atoms with van der Waals surface area (Å²) in [6.45, 7) is 6.96. The van der Waals surface area contributed by atoms with Gasteiger partial charge in [-0.15, -0.1) is 0 Å². The number of hydrogen-bond acceptors (Lipinski definition) is 3. The second-order valence-corrected chi connectivity index (χ2v) is 5.63. The molecule has 0 saturated carbocycles. The number of amides is 1. The zero-order valence-electron chi connectivity index (χ0n) is 14.5. The molecule has 2 aromatic rings. The van der Waals surface area contributed by atoms with Gasteiger partial charge in [0.1, 0.15) is 11.5 Å². The fourth-order valence-corrected chi connectivity index (χ4v) is 2.39. The van der Waals surface area contributed by atoms with Crippen LogP contribution in [-0.2, 0) is 11.3 Å². The molecule has 0 heterocycles. The summed E-state index contributed by atoms with van der Waals surface area (Å²) in [5.41, 5.74) is 2.11. The molecule has 128 valence electrons. The molecule has 2 aromatic carbocycles. The lowest BCUT2D eigenvalue weighted by Gasteiger charge is -2.17. The Labute approximate surface area is 143 Å². The third-order valence-electron chi connectivity index (χ3n) is 3.61. The number of carbonyl (C=O) groups excluding carboxylic acids is 1. The molecular formula is C20H25NO3. The van der Waals surface area contributed by atoms with Crippen LogP contribution < -0.4 is 14.8 Å². The molecule has 0 fully saturated rings. The summed E-state index contributed by atoms with van der Waals surface area (Å²) in [5, 5.41) is 2.93. The Kier molecular flexibility index (Phi) is 6.67. The van der Waals surface area contributed by atoms with Crippen LogP contribution in [0, 0.1) is 6.92 Å². The molecule has 0 unspecified atom stereocenters. The van der Waals surface area contributed by atoms with E-state index in [0.29, 0.717) is 19.6 Å². The highest BCUT2D eigenvalue weighted by atomic mass is 16.5. The van der Waals surface area contributed by atoms with Crippen molar-refractivity contribution in [2.24, 2.45) is 0 Å². The number of ether oxygens (including phenoxy) is 2. The van der Waals surface area contributed by atoms with Crippen molar-refractivity contribution in [2.75, 3.05) is 6.61 Å². The normalized spacial score (nSPS) is 11.6. The number of hydrogen-bond donors (Lipinski definition) is 1. The highest BCUT2D eigenvalue weighted by Crippen LogP contribution is 2.16. The van der Waals surface area contributed by atoms with Gasteiger partial charge in [-0.25, -0.2) is 0 Å². The molecule has 24 heavy (non-hydrogen) atoms. The number of rotatable bonds is 8. The van der Waals surface area contributed by atoms with E-state index >= 15 is 0 Å². The van der Waals surface area contributed by atoms with Crippen LogP contribution >= 0.6 is 0 Å². The summed E-state index contributed by atoms with van der Waals surface area (Å²) in [4.78, 5) is 12.4. The Bertz CT molecular complexity index is 669. The van der Waals surface area contributed by atoms with Gasteiger partial charge in [-0.1, -0.05) is 31.2 Å². The van der Waals surface area contributed by atoms with Gasteiger partial charge in [0.25, 0.3) is 5.91 Å². The van der Waals surface area contributed by atoms with Crippen LogP contribution in [0.25, 0.3) is 0 Å². The molecule has 1 amide bonds. The quantitative estimate of drug-likeness (QED) is 0.801. The van der Waals surface area contributed by atoms with Crippen molar-refractivity contribution in [2.45, 2.75) is 39.8 Å². The van der Waals surface area contributed by atoms with Crippen LogP contribution in [0.5, 0.6) is 11.5 Å². The fourth-order valence-electron chi connectivity index (χ4n) is 2.39. The van der Waals surface area contributed by atoms with Crippen LogP contribution in [0.3, 0.4) is 0 Å². The molecule has 0 bridgehead atoms. The predicted octanol–water partition coefficient (Wildman–Crippen LogP) is 3.87. The summed E-state index contributed by atoms with van der Waals surface area (Å²) in [7, 11) is 0. The van der Waals surface area contributed by atoms with E-state index in [-0.39, 0.29) is 5.91 Å². The van der Waals surface area contributed by atoms with E-state index < -0.39 is 6.10 Å². The summed E-state index contributed by atoms with van der Waals surface area (Å²) in [6.07, 6.45) is 0.112. The van der Waals surface area contributed by atoms with E-state index in [1.165, 1.54) is 0 Å². The van der Waals surface area contributed by atoms with Crippen LogP contribution in [-0.4, -0.2) is 18.6 Å². The van der Waals surface area contributed by atoms with Crippen LogP contribution in [0.1, 0.15) is 31.4 Å². The van der Waals surface area contributed by atoms with Gasteiger partial charge in [0, 0.05) is 6.54 Å². The molecule has 4 heteroatoms. The van der Waals surface area contributed by atoms with Gasteiger partial charge in [-0.2, -0.15) is 0 Å². The van der Waals surface area contributed by atoms with Crippen LogP contribution in [0.15, 0.2) is 48.5 Å². The van der Waals surface area contributed by atoms with Crippen molar-refractivity contribution in [3.05, 3.63) is 59.7 Å². The molecule has 4 nitrogen and oxygen atoms in total. The van der Waals surface area contributed by atoms with E-state index in [4.69, 9.17) is 9.47 Å². The summed E-state index contributed by atoms with van der Waals surface area (Å²) < 4.78 is 11.3. The molecule has 2 rings (SSSR count). The standard InChI is InChI=1S/C20H25NO3/c1-4-19(24-18-11-6-8-15(3)12-18)20(22)21-14-16-9-7-10-17(13-16)23-5-2/h6-13,19H,4-5,14H2,1-3H3,(H,21,22)/t19-/m0/s1.